The third-order valence-corrected chi connectivity index (χ3v) is 1.02. The Morgan fingerprint density at radius 1 is 1.67 bits per heavy atom. The minimum absolute atomic E-state index is 0.463. The molecule has 0 aliphatic heterocycles. The second-order valence-electron chi connectivity index (χ2n) is 0.628. The quantitative estimate of drug-likeness (QED) is 0.469. The molecule has 0 aliphatic carbocycles. The molecular formula is CH4N2OSe2. The van der Waals surface area contributed by atoms with Crippen LogP contribution in [-0.2, 0) is 0 Å². The number of primary amides is 1. The molecule has 0 aromatic rings. The molecule has 0 saturated carbocycles. The number of carbonyl (C=O) groups is 1. The van der Waals surface area contributed by atoms with E-state index in [0.29, 0.717) is 0 Å². The van der Waals surface area contributed by atoms with Gasteiger partial charge in [0.1, 0.15) is 0 Å². The first-order valence-electron chi connectivity index (χ1n) is 1.12. The zero-order valence-electron chi connectivity index (χ0n) is 2.83. The number of urea groups is 1. The summed E-state index contributed by atoms with van der Waals surface area (Å²) in [5.41, 5.74) is 4.69. The molecule has 0 bridgehead atoms. The van der Waals surface area contributed by atoms with E-state index in [1.165, 1.54) is 2.93 Å². The van der Waals surface area contributed by atoms with E-state index in [2.05, 4.69) is 0 Å². The van der Waals surface area contributed by atoms with Gasteiger partial charge in [-0.25, -0.2) is 0 Å². The van der Waals surface area contributed by atoms with Crippen LogP contribution in [0.1, 0.15) is 0 Å². The number of rotatable bonds is 0. The molecule has 0 aromatic carbocycles. The van der Waals surface area contributed by atoms with Gasteiger partial charge in [-0.05, 0) is 0 Å². The molecule has 0 atom stereocenters. The number of nitrogens with two attached hydrogens (primary N) is 1. The molecule has 2 N–H and O–H groups in total. The van der Waals surface area contributed by atoms with Crippen molar-refractivity contribution in [2.24, 2.45) is 5.73 Å². The molecule has 0 aromatic heterocycles. The molecule has 3 nitrogen and oxygen atoms in total. The van der Waals surface area contributed by atoms with Crippen LogP contribution in [0.5, 0.6) is 0 Å². The van der Waals surface area contributed by atoms with Crippen molar-refractivity contribution in [2.45, 2.75) is 0 Å². The normalized spacial score (nSPS) is 7.67. The Hall–Kier alpha value is 0.309. The van der Waals surface area contributed by atoms with Crippen LogP contribution < -0.4 is 5.73 Å². The third kappa shape index (κ3) is 2.54. The van der Waals surface area contributed by atoms with E-state index in [9.17, 15) is 4.79 Å². The second kappa shape index (κ2) is 2.48. The zero-order valence-corrected chi connectivity index (χ0v) is 6.58. The summed E-state index contributed by atoms with van der Waals surface area (Å²) in [6, 6.07) is -0.463. The summed E-state index contributed by atoms with van der Waals surface area (Å²) in [4.78, 5) is 9.82. The number of amides is 2. The van der Waals surface area contributed by atoms with Gasteiger partial charge in [-0.15, -0.1) is 0 Å². The molecule has 5 heteroatoms. The van der Waals surface area contributed by atoms with E-state index in [1.807, 2.05) is 32.5 Å². The molecule has 6 heavy (non-hydrogen) atoms. The Balaban J connectivity index is 3.26. The van der Waals surface area contributed by atoms with E-state index in [-0.39, 0.29) is 0 Å². The summed E-state index contributed by atoms with van der Waals surface area (Å²) in [6.45, 7) is 0. The van der Waals surface area contributed by atoms with E-state index >= 15 is 0 Å². The Labute approximate surface area is 52.3 Å². The molecule has 2 amide bonds. The predicted octanol–water partition coefficient (Wildman–Crippen LogP) is -2.00. The van der Waals surface area contributed by atoms with Crippen molar-refractivity contribution in [1.29, 1.82) is 0 Å². The fraction of sp³-hybridized carbons (Fsp3) is 0. The fourth-order valence-corrected chi connectivity index (χ4v) is 0. The first-order chi connectivity index (χ1) is 2.64. The third-order valence-electron chi connectivity index (χ3n) is 0.197. The molecule has 0 aliphatic rings. The molecular weight excluding hydrogens is 214 g/mol. The molecule has 0 unspecified atom stereocenters. The van der Waals surface area contributed by atoms with Crippen LogP contribution in [0.2, 0.25) is 0 Å². The SMILES string of the molecule is NC(=O)N([SeH])[SeH]. The van der Waals surface area contributed by atoms with Gasteiger partial charge >= 0.3 is 52.0 Å². The molecule has 0 radical (unpaired) electrons. The van der Waals surface area contributed by atoms with Crippen LogP contribution >= 0.6 is 0 Å². The number of nitrogens with zero attached hydrogens (tertiary/aromatic N) is 1. The summed E-state index contributed by atoms with van der Waals surface area (Å²) in [5, 5.41) is 0. The van der Waals surface area contributed by atoms with Crippen LogP contribution in [0.25, 0.3) is 0 Å². The topological polar surface area (TPSA) is 46.3 Å². The average molecular weight is 218 g/mol. The van der Waals surface area contributed by atoms with Crippen molar-refractivity contribution in [3.05, 3.63) is 0 Å². The van der Waals surface area contributed by atoms with Crippen molar-refractivity contribution in [3.8, 4) is 0 Å². The van der Waals surface area contributed by atoms with Crippen molar-refractivity contribution in [3.63, 3.8) is 0 Å². The van der Waals surface area contributed by atoms with Crippen molar-refractivity contribution >= 4 is 38.5 Å². The van der Waals surface area contributed by atoms with Crippen molar-refractivity contribution in [2.75, 3.05) is 0 Å². The minimum atomic E-state index is -0.463. The number of carbonyl (C=O) groups excluding carboxylic acids is 1. The van der Waals surface area contributed by atoms with Gasteiger partial charge in [0, 0.05) is 0 Å². The van der Waals surface area contributed by atoms with E-state index in [1.54, 1.807) is 0 Å². The Morgan fingerprint density at radius 3 is 1.83 bits per heavy atom. The summed E-state index contributed by atoms with van der Waals surface area (Å²) in [5.74, 6) is 0. The van der Waals surface area contributed by atoms with Gasteiger partial charge in [0.15, 0.2) is 0 Å². The van der Waals surface area contributed by atoms with E-state index < -0.39 is 6.03 Å². The van der Waals surface area contributed by atoms with Crippen LogP contribution in [0.3, 0.4) is 0 Å². The Kier molecular flexibility index (Phi) is 2.60. The van der Waals surface area contributed by atoms with Crippen molar-refractivity contribution < 1.29 is 4.79 Å². The Morgan fingerprint density at radius 2 is 1.83 bits per heavy atom. The maximum atomic E-state index is 9.82. The predicted molar refractivity (Wildman–Crippen MR) is 25.7 cm³/mol. The summed E-state index contributed by atoms with van der Waals surface area (Å²) in [6.07, 6.45) is 0. The number of hydrogen-bond acceptors (Lipinski definition) is 1. The summed E-state index contributed by atoms with van der Waals surface area (Å²) < 4.78 is 1.18. The monoisotopic (exact) mass is 220 g/mol. The molecule has 0 spiro atoms. The van der Waals surface area contributed by atoms with Gasteiger partial charge in [-0.1, -0.05) is 0 Å². The van der Waals surface area contributed by atoms with Crippen LogP contribution in [-0.4, -0.2) is 41.4 Å². The summed E-state index contributed by atoms with van der Waals surface area (Å²) in [7, 11) is 0. The second-order valence-corrected chi connectivity index (χ2v) is 3.79. The average Bonchev–Trinajstić information content (AvgIpc) is 1.36. The van der Waals surface area contributed by atoms with Gasteiger partial charge in [0.05, 0.1) is 0 Å². The first-order valence-corrected chi connectivity index (χ1v) is 2.79. The molecule has 36 valence electrons. The molecule has 0 heterocycles. The van der Waals surface area contributed by atoms with Crippen LogP contribution in [0.15, 0.2) is 0 Å². The van der Waals surface area contributed by atoms with Gasteiger partial charge in [-0.2, -0.15) is 0 Å². The first kappa shape index (κ1) is 6.31. The molecule has 0 saturated heterocycles. The Bertz CT molecular complexity index is 62.6. The van der Waals surface area contributed by atoms with E-state index in [4.69, 9.17) is 5.73 Å². The zero-order chi connectivity index (χ0) is 5.15. The molecule has 0 fully saturated rings. The van der Waals surface area contributed by atoms with Crippen LogP contribution in [0, 0.1) is 0 Å². The van der Waals surface area contributed by atoms with Crippen LogP contribution in [0.4, 0.5) is 4.79 Å². The van der Waals surface area contributed by atoms with Gasteiger partial charge in [-0.3, -0.25) is 0 Å². The number of hydrogen-bond donors (Lipinski definition) is 1. The van der Waals surface area contributed by atoms with Crippen molar-refractivity contribution in [1.82, 2.24) is 2.93 Å². The van der Waals surface area contributed by atoms with Gasteiger partial charge in [0.2, 0.25) is 0 Å². The van der Waals surface area contributed by atoms with Gasteiger partial charge < -0.3 is 0 Å². The summed E-state index contributed by atoms with van der Waals surface area (Å²) >= 11 is 3.94. The maximum absolute atomic E-state index is 9.82. The van der Waals surface area contributed by atoms with E-state index in [0.717, 1.165) is 0 Å². The fourth-order valence-electron chi connectivity index (χ4n) is 0. The van der Waals surface area contributed by atoms with Gasteiger partial charge in [0.25, 0.3) is 0 Å². The standard InChI is InChI=1S/CH4N2OSe2/c2-1(4)3(5)6/h5-6H,(H2,2,4). The molecule has 0 rings (SSSR count).